The molecule has 0 spiro atoms. The van der Waals surface area contributed by atoms with Crippen LogP contribution < -0.4 is 5.73 Å². The van der Waals surface area contributed by atoms with Crippen molar-refractivity contribution in [3.63, 3.8) is 0 Å². The van der Waals surface area contributed by atoms with Crippen LogP contribution >= 0.6 is 11.6 Å². The van der Waals surface area contributed by atoms with E-state index in [0.717, 1.165) is 12.1 Å². The fourth-order valence-electron chi connectivity index (χ4n) is 1.17. The highest BCUT2D eigenvalue weighted by molar-refractivity contribution is 6.31. The van der Waals surface area contributed by atoms with Crippen LogP contribution in [0.15, 0.2) is 22.7 Å². The summed E-state index contributed by atoms with van der Waals surface area (Å²) in [6, 6.07) is 3.39. The van der Waals surface area contributed by atoms with Gasteiger partial charge >= 0.3 is 0 Å². The molecule has 0 saturated heterocycles. The van der Waals surface area contributed by atoms with E-state index in [4.69, 9.17) is 17.3 Å². The Morgan fingerprint density at radius 2 is 2.07 bits per heavy atom. The number of nitrogens with zero attached hydrogens (tertiary/aromatic N) is 1. The summed E-state index contributed by atoms with van der Waals surface area (Å²) in [5.41, 5.74) is 4.88. The monoisotopic (exact) mass is 230 g/mol. The van der Waals surface area contributed by atoms with Gasteiger partial charge in [-0.2, -0.15) is 0 Å². The smallest absolute Gasteiger partial charge is 0.222 e. The lowest BCUT2D eigenvalue weighted by molar-refractivity contribution is 0.438. The normalized spacial score (nSPS) is 10.6. The molecule has 0 bridgehead atoms. The molecule has 6 heteroatoms. The van der Waals surface area contributed by atoms with Gasteiger partial charge in [0.2, 0.25) is 5.88 Å². The molecule has 0 aliphatic carbocycles. The molecule has 2 N–H and O–H groups in total. The number of anilines is 1. The highest BCUT2D eigenvalue weighted by Gasteiger charge is 2.17. The second-order valence-electron chi connectivity index (χ2n) is 2.83. The first-order valence-corrected chi connectivity index (χ1v) is 4.33. The summed E-state index contributed by atoms with van der Waals surface area (Å²) in [7, 11) is 0. The van der Waals surface area contributed by atoms with Gasteiger partial charge in [-0.3, -0.25) is 0 Å². The minimum absolute atomic E-state index is 0.0231. The zero-order valence-corrected chi connectivity index (χ0v) is 8.05. The molecular formula is C9H5ClF2N2O. The highest BCUT2D eigenvalue weighted by Crippen LogP contribution is 2.30. The largest absolute Gasteiger partial charge is 0.368 e. The number of nitrogen functional groups attached to an aromatic ring is 1. The molecule has 3 nitrogen and oxygen atoms in total. The van der Waals surface area contributed by atoms with E-state index in [1.165, 1.54) is 6.07 Å². The Morgan fingerprint density at radius 1 is 1.33 bits per heavy atom. The molecule has 78 valence electrons. The molecule has 0 fully saturated rings. The average molecular weight is 231 g/mol. The zero-order chi connectivity index (χ0) is 11.0. The van der Waals surface area contributed by atoms with Crippen LogP contribution in [0.2, 0.25) is 5.02 Å². The van der Waals surface area contributed by atoms with Crippen LogP contribution in [0.4, 0.5) is 14.7 Å². The van der Waals surface area contributed by atoms with Crippen LogP contribution in [0.1, 0.15) is 0 Å². The van der Waals surface area contributed by atoms with Gasteiger partial charge in [-0.25, -0.2) is 8.78 Å². The number of benzene rings is 1. The van der Waals surface area contributed by atoms with Gasteiger partial charge in [0.05, 0.1) is 10.6 Å². The molecule has 1 aromatic heterocycles. The van der Waals surface area contributed by atoms with Gasteiger partial charge in [0.25, 0.3) is 0 Å². The first-order valence-electron chi connectivity index (χ1n) is 3.95. The maximum Gasteiger partial charge on any atom is 0.222 e. The van der Waals surface area contributed by atoms with Gasteiger partial charge in [-0.1, -0.05) is 16.8 Å². The average Bonchev–Trinajstić information content (AvgIpc) is 2.59. The molecule has 1 heterocycles. The van der Waals surface area contributed by atoms with Gasteiger partial charge in [0, 0.05) is 6.07 Å². The van der Waals surface area contributed by atoms with E-state index < -0.39 is 11.6 Å². The molecule has 0 amide bonds. The maximum atomic E-state index is 13.5. The first kappa shape index (κ1) is 9.92. The Bertz CT molecular complexity index is 513. The maximum absolute atomic E-state index is 13.5. The van der Waals surface area contributed by atoms with Crippen LogP contribution in [-0.4, -0.2) is 5.16 Å². The Morgan fingerprint density at radius 3 is 2.67 bits per heavy atom. The van der Waals surface area contributed by atoms with E-state index in [0.29, 0.717) is 0 Å². The number of halogens is 3. The zero-order valence-electron chi connectivity index (χ0n) is 7.30. The van der Waals surface area contributed by atoms with E-state index in [1.807, 2.05) is 0 Å². The van der Waals surface area contributed by atoms with Crippen molar-refractivity contribution >= 4 is 17.5 Å². The molecule has 15 heavy (non-hydrogen) atoms. The second kappa shape index (κ2) is 3.51. The summed E-state index contributed by atoms with van der Waals surface area (Å²) in [5, 5.41) is 3.22. The molecule has 0 aliphatic heterocycles. The highest BCUT2D eigenvalue weighted by atomic mass is 35.5. The Labute approximate surface area is 88.4 Å². The predicted octanol–water partition coefficient (Wildman–Crippen LogP) is 2.86. The Balaban J connectivity index is 2.66. The number of nitrogens with two attached hydrogens (primary N) is 1. The summed E-state index contributed by atoms with van der Waals surface area (Å²) in [5.74, 6) is -1.68. The third-order valence-corrected chi connectivity index (χ3v) is 2.12. The molecule has 0 saturated carbocycles. The fourth-order valence-corrected chi connectivity index (χ4v) is 1.33. The molecule has 0 atom stereocenters. The molecule has 1 aromatic carbocycles. The van der Waals surface area contributed by atoms with E-state index >= 15 is 0 Å². The van der Waals surface area contributed by atoms with Crippen molar-refractivity contribution in [2.24, 2.45) is 0 Å². The Hall–Kier alpha value is -1.62. The van der Waals surface area contributed by atoms with E-state index in [1.54, 1.807) is 0 Å². The summed E-state index contributed by atoms with van der Waals surface area (Å²) >= 11 is 5.51. The molecular weight excluding hydrogens is 226 g/mol. The lowest BCUT2D eigenvalue weighted by Crippen LogP contribution is -1.91. The Kier molecular flexibility index (Phi) is 2.32. The van der Waals surface area contributed by atoms with E-state index in [9.17, 15) is 8.78 Å². The second-order valence-corrected chi connectivity index (χ2v) is 3.24. The van der Waals surface area contributed by atoms with E-state index in [-0.39, 0.29) is 22.2 Å². The topological polar surface area (TPSA) is 52.0 Å². The standard InChI is InChI=1S/C9H5ClF2N2O/c10-4-1-2-5(11)8(9(4)12)6-3-7(13)15-14-6/h1-3H,13H2. The van der Waals surface area contributed by atoms with Crippen LogP contribution in [0.5, 0.6) is 0 Å². The molecule has 0 radical (unpaired) electrons. The van der Waals surface area contributed by atoms with E-state index in [2.05, 4.69) is 9.68 Å². The number of hydrogen-bond donors (Lipinski definition) is 1. The predicted molar refractivity (Wildman–Crippen MR) is 51.3 cm³/mol. The molecule has 2 rings (SSSR count). The minimum Gasteiger partial charge on any atom is -0.368 e. The number of aromatic nitrogens is 1. The van der Waals surface area contributed by atoms with Crippen LogP contribution in [0.25, 0.3) is 11.3 Å². The fraction of sp³-hybridized carbons (Fsp3) is 0. The summed E-state index contributed by atoms with van der Waals surface area (Å²) in [6.07, 6.45) is 0. The van der Waals surface area contributed by atoms with Crippen molar-refractivity contribution in [2.45, 2.75) is 0 Å². The van der Waals surface area contributed by atoms with Crippen LogP contribution in [-0.2, 0) is 0 Å². The molecule has 0 aliphatic rings. The molecule has 2 aromatic rings. The van der Waals surface area contributed by atoms with Crippen molar-refractivity contribution in [2.75, 3.05) is 5.73 Å². The van der Waals surface area contributed by atoms with Gasteiger partial charge in [-0.15, -0.1) is 0 Å². The van der Waals surface area contributed by atoms with Gasteiger partial charge < -0.3 is 10.3 Å². The van der Waals surface area contributed by atoms with Gasteiger partial charge in [-0.05, 0) is 12.1 Å². The summed E-state index contributed by atoms with van der Waals surface area (Å²) < 4.78 is 31.3. The van der Waals surface area contributed by atoms with Gasteiger partial charge in [0.1, 0.15) is 11.5 Å². The SMILES string of the molecule is Nc1cc(-c2c(F)ccc(Cl)c2F)no1. The summed E-state index contributed by atoms with van der Waals surface area (Å²) in [6.45, 7) is 0. The van der Waals surface area contributed by atoms with Crippen molar-refractivity contribution in [3.05, 3.63) is 34.9 Å². The van der Waals surface area contributed by atoms with Crippen molar-refractivity contribution in [3.8, 4) is 11.3 Å². The van der Waals surface area contributed by atoms with Crippen molar-refractivity contribution < 1.29 is 13.3 Å². The third-order valence-electron chi connectivity index (χ3n) is 1.83. The van der Waals surface area contributed by atoms with Crippen molar-refractivity contribution in [1.29, 1.82) is 0 Å². The quantitative estimate of drug-likeness (QED) is 0.767. The van der Waals surface area contributed by atoms with Gasteiger partial charge in [0.15, 0.2) is 5.82 Å². The van der Waals surface area contributed by atoms with Crippen LogP contribution in [0.3, 0.4) is 0 Å². The van der Waals surface area contributed by atoms with Crippen molar-refractivity contribution in [1.82, 2.24) is 5.16 Å². The lowest BCUT2D eigenvalue weighted by atomic mass is 10.1. The van der Waals surface area contributed by atoms with Crippen LogP contribution in [0, 0.1) is 11.6 Å². The number of hydrogen-bond acceptors (Lipinski definition) is 3. The minimum atomic E-state index is -0.884. The summed E-state index contributed by atoms with van der Waals surface area (Å²) in [4.78, 5) is 0. The molecule has 0 unspecified atom stereocenters. The lowest BCUT2D eigenvalue weighted by Gasteiger charge is -2.01. The number of rotatable bonds is 1. The third kappa shape index (κ3) is 1.66. The first-order chi connectivity index (χ1) is 7.09.